The van der Waals surface area contributed by atoms with Crippen molar-refractivity contribution in [1.82, 2.24) is 19.6 Å². The molecular formula is C54H58N4O4Pt-2. The second-order valence-electron chi connectivity index (χ2n) is 22.7. The van der Waals surface area contributed by atoms with Gasteiger partial charge in [0.2, 0.25) is 0 Å². The van der Waals surface area contributed by atoms with Crippen molar-refractivity contribution in [3.8, 4) is 22.3 Å². The molecule has 4 fully saturated rings. The second-order valence-corrected chi connectivity index (χ2v) is 25.3. The number of hydrogen-bond acceptors (Lipinski definition) is 8. The van der Waals surface area contributed by atoms with Crippen molar-refractivity contribution < 1.29 is 36.6 Å². The quantitative estimate of drug-likeness (QED) is 0.184. The van der Waals surface area contributed by atoms with E-state index in [0.717, 1.165) is 45.8 Å². The van der Waals surface area contributed by atoms with Crippen LogP contribution in [0.4, 0.5) is 0 Å². The van der Waals surface area contributed by atoms with E-state index in [4.69, 9.17) is 18.9 Å². The molecule has 0 spiro atoms. The van der Waals surface area contributed by atoms with Crippen molar-refractivity contribution >= 4 is 8.29 Å². The van der Waals surface area contributed by atoms with Crippen LogP contribution in [0.25, 0.3) is 22.3 Å². The van der Waals surface area contributed by atoms with Gasteiger partial charge in [-0.3, -0.25) is 0 Å². The molecule has 12 rings (SSSR count). The fourth-order valence-electron chi connectivity index (χ4n) is 10.2. The number of hydrogen-bond donors (Lipinski definition) is 0. The normalized spacial score (nSPS) is 24.2. The average molecular weight is 1020 g/mol. The van der Waals surface area contributed by atoms with Crippen molar-refractivity contribution in [2.24, 2.45) is 0 Å². The molecule has 0 aliphatic carbocycles. The summed E-state index contributed by atoms with van der Waals surface area (Å²) in [5.41, 5.74) is 14.7. The number of nitrogens with zero attached hydrogens (tertiary/aromatic N) is 4. The van der Waals surface area contributed by atoms with Crippen LogP contribution in [-0.2, 0) is 58.2 Å². The first-order valence-electron chi connectivity index (χ1n) is 22.7. The predicted molar refractivity (Wildman–Crippen MR) is 242 cm³/mol. The molecule has 8 nitrogen and oxygen atoms in total. The molecule has 0 aromatic heterocycles. The van der Waals surface area contributed by atoms with Crippen molar-refractivity contribution in [1.29, 1.82) is 0 Å². The van der Waals surface area contributed by atoms with Gasteiger partial charge >= 0.3 is 383 Å². The molecule has 8 aliphatic rings. The first kappa shape index (κ1) is 39.8. The molecule has 4 saturated heterocycles. The second kappa shape index (κ2) is 12.9. The molecule has 4 aromatic rings. The average Bonchev–Trinajstić information content (AvgIpc) is 4.06. The van der Waals surface area contributed by atoms with Gasteiger partial charge in [-0.1, -0.05) is 0 Å². The molecule has 8 aliphatic heterocycles. The van der Waals surface area contributed by atoms with Gasteiger partial charge in [0.05, 0.1) is 0 Å². The van der Waals surface area contributed by atoms with Crippen LogP contribution in [0.2, 0.25) is 0 Å². The van der Waals surface area contributed by atoms with Crippen LogP contribution in [0.1, 0.15) is 152 Å². The molecule has 8 heterocycles. The Balaban J connectivity index is 1.07. The predicted octanol–water partition coefficient (Wildman–Crippen LogP) is 10.6. The molecule has 4 aromatic carbocycles. The Kier molecular flexibility index (Phi) is 8.16. The Hall–Kier alpha value is -4.81. The summed E-state index contributed by atoms with van der Waals surface area (Å²) in [4.78, 5) is 9.90. The summed E-state index contributed by atoms with van der Waals surface area (Å²) in [5.74, 6) is 3.28. The Bertz CT molecular complexity index is 2480. The Morgan fingerprint density at radius 1 is 0.381 bits per heavy atom. The zero-order chi connectivity index (χ0) is 43.9. The van der Waals surface area contributed by atoms with Crippen molar-refractivity contribution in [2.75, 3.05) is 26.4 Å². The summed E-state index contributed by atoms with van der Waals surface area (Å²) in [6, 6.07) is 31.7. The molecule has 330 valence electrons. The SMILES string of the molecule is CC(C)(C)c1cc(-c2cc3[c-]c(c2)C2COC4=C5OCC6c7[c-]c(cc(-c8cc(C(C)(C)C)cc(C(C)(C)C)c8)c7)C7COC8=C9OCC3N9[C](=[Pt]=[C](N42)N56)N87)cc(C(C)(C)C)c1. The molecular weight excluding hydrogens is 964 g/mol. The summed E-state index contributed by atoms with van der Waals surface area (Å²) in [6.45, 7) is 29.9. The number of rotatable bonds is 2. The van der Waals surface area contributed by atoms with E-state index >= 15 is 0 Å². The molecule has 0 saturated carbocycles. The van der Waals surface area contributed by atoms with Gasteiger partial charge in [0.15, 0.2) is 0 Å². The first-order chi connectivity index (χ1) is 29.7. The van der Waals surface area contributed by atoms with Crippen molar-refractivity contribution in [3.63, 3.8) is 0 Å². The fraction of sp³-hybridized carbons (Fsp3) is 0.444. The minimum absolute atomic E-state index is 0.00832. The van der Waals surface area contributed by atoms with Crippen LogP contribution in [-0.4, -0.2) is 54.3 Å². The Morgan fingerprint density at radius 3 is 0.857 bits per heavy atom. The third-order valence-corrected chi connectivity index (χ3v) is 17.3. The van der Waals surface area contributed by atoms with E-state index in [0.29, 0.717) is 26.4 Å². The van der Waals surface area contributed by atoms with Gasteiger partial charge in [0.25, 0.3) is 0 Å². The number of benzene rings is 4. The standard InChI is InChI=1S/C54H58N4O4.Pt/c1-51(2,3)39-19-33(20-40(23-39)52(4,5)6)31-13-35-17-36(14-31)44-26-60-48-50-58(30-56(44)48)46(28-62-50)38-16-32(34-21-41(53(7,8)9)24-42(22-34)54(10,11)12)15-37(18-38)45-27-61-49-47-55(29-57(45)49)43(35)25-59-47;/h13-16,19-24,43-46H,25-28H2,1-12H3;/q-2;. The Morgan fingerprint density at radius 2 is 0.619 bits per heavy atom. The van der Waals surface area contributed by atoms with Crippen molar-refractivity contribution in [3.05, 3.63) is 141 Å². The maximum absolute atomic E-state index is 6.81. The van der Waals surface area contributed by atoms with Crippen LogP contribution < -0.4 is 0 Å². The molecule has 0 radical (unpaired) electrons. The summed E-state index contributed by atoms with van der Waals surface area (Å²) in [6.07, 6.45) is 0. The van der Waals surface area contributed by atoms with Gasteiger partial charge in [0, 0.05) is 0 Å². The van der Waals surface area contributed by atoms with Crippen molar-refractivity contribution in [2.45, 2.75) is 129 Å². The molecule has 9 heteroatoms. The van der Waals surface area contributed by atoms with Gasteiger partial charge < -0.3 is 0 Å². The molecule has 4 unspecified atom stereocenters. The summed E-state index contributed by atoms with van der Waals surface area (Å²) >= 11 is -0.853. The molecule has 0 amide bonds. The molecule has 63 heavy (non-hydrogen) atoms. The van der Waals surface area contributed by atoms with E-state index < -0.39 is 17.6 Å². The van der Waals surface area contributed by atoms with Gasteiger partial charge in [0.1, 0.15) is 0 Å². The molecule has 6 bridgehead atoms. The minimum atomic E-state index is -0.853. The number of ether oxygens (including phenoxy) is 4. The summed E-state index contributed by atoms with van der Waals surface area (Å²) < 4.78 is 29.8. The van der Waals surface area contributed by atoms with E-state index in [-0.39, 0.29) is 45.8 Å². The fourth-order valence-corrected chi connectivity index (χ4v) is 14.1. The first-order valence-corrected chi connectivity index (χ1v) is 24.9. The van der Waals surface area contributed by atoms with Gasteiger partial charge in [-0.15, -0.1) is 0 Å². The van der Waals surface area contributed by atoms with Gasteiger partial charge in [-0.2, -0.15) is 0 Å². The number of fused-ring (bicyclic) bond motifs is 8. The van der Waals surface area contributed by atoms with Gasteiger partial charge in [-0.25, -0.2) is 0 Å². The Labute approximate surface area is 381 Å². The van der Waals surface area contributed by atoms with E-state index in [9.17, 15) is 0 Å². The van der Waals surface area contributed by atoms with E-state index in [2.05, 4.69) is 175 Å². The topological polar surface area (TPSA) is 49.9 Å². The monoisotopic (exact) mass is 1020 g/mol. The zero-order valence-electron chi connectivity index (χ0n) is 38.6. The van der Waals surface area contributed by atoms with E-state index in [1.807, 2.05) is 0 Å². The maximum atomic E-state index is 6.81. The third kappa shape index (κ3) is 5.94. The van der Waals surface area contributed by atoms with Crippen LogP contribution >= 0.6 is 0 Å². The zero-order valence-corrected chi connectivity index (χ0v) is 40.9. The molecule has 0 N–H and O–H groups in total. The van der Waals surface area contributed by atoms with Crippen LogP contribution in [0.3, 0.4) is 0 Å². The van der Waals surface area contributed by atoms with Gasteiger partial charge in [-0.05, 0) is 0 Å². The van der Waals surface area contributed by atoms with Crippen LogP contribution in [0.15, 0.2) is 84.2 Å². The third-order valence-electron chi connectivity index (χ3n) is 14.1. The summed E-state index contributed by atoms with van der Waals surface area (Å²) in [5, 5.41) is 0. The van der Waals surface area contributed by atoms with Crippen LogP contribution in [0.5, 0.6) is 0 Å². The summed E-state index contributed by atoms with van der Waals surface area (Å²) in [7, 11) is 0. The van der Waals surface area contributed by atoms with E-state index in [1.54, 1.807) is 0 Å². The van der Waals surface area contributed by atoms with Crippen LogP contribution in [0, 0.1) is 12.1 Å². The van der Waals surface area contributed by atoms with E-state index in [1.165, 1.54) is 52.8 Å². The molecule has 4 atom stereocenters.